The van der Waals surface area contributed by atoms with Gasteiger partial charge in [-0.3, -0.25) is 14.5 Å². The molecule has 0 radical (unpaired) electrons. The first-order chi connectivity index (χ1) is 16.0. The van der Waals surface area contributed by atoms with Crippen LogP contribution in [0.5, 0.6) is 11.5 Å². The number of hydrogen-bond donors (Lipinski definition) is 1. The van der Waals surface area contributed by atoms with Crippen molar-refractivity contribution < 1.29 is 23.5 Å². The predicted octanol–water partition coefficient (Wildman–Crippen LogP) is 4.30. The van der Waals surface area contributed by atoms with Gasteiger partial charge in [0, 0.05) is 17.3 Å². The van der Waals surface area contributed by atoms with Crippen molar-refractivity contribution in [1.82, 2.24) is 4.90 Å². The Labute approximate surface area is 190 Å². The molecule has 0 aromatic heterocycles. The van der Waals surface area contributed by atoms with Gasteiger partial charge >= 0.3 is 0 Å². The smallest absolute Gasteiger partial charge is 0.278 e. The Kier molecular flexibility index (Phi) is 5.30. The molecule has 166 valence electrons. The van der Waals surface area contributed by atoms with Gasteiger partial charge in [-0.05, 0) is 30.7 Å². The van der Waals surface area contributed by atoms with Gasteiger partial charge in [0.2, 0.25) is 0 Å². The van der Waals surface area contributed by atoms with E-state index in [1.165, 1.54) is 6.07 Å². The van der Waals surface area contributed by atoms with Crippen LogP contribution < -0.4 is 14.8 Å². The van der Waals surface area contributed by atoms with Crippen LogP contribution in [0.4, 0.5) is 10.1 Å². The van der Waals surface area contributed by atoms with E-state index in [9.17, 15) is 14.0 Å². The van der Waals surface area contributed by atoms with Crippen molar-refractivity contribution in [1.29, 1.82) is 0 Å². The van der Waals surface area contributed by atoms with Gasteiger partial charge in [-0.15, -0.1) is 0 Å². The fraction of sp³-hybridized carbons (Fsp3) is 0.154. The summed E-state index contributed by atoms with van der Waals surface area (Å²) in [6.45, 7) is 2.69. The average Bonchev–Trinajstić information content (AvgIpc) is 3.05. The van der Waals surface area contributed by atoms with E-state index in [0.717, 1.165) is 10.5 Å². The molecule has 0 atom stereocenters. The maximum Gasteiger partial charge on any atom is 0.278 e. The predicted molar refractivity (Wildman–Crippen MR) is 121 cm³/mol. The molecule has 0 aliphatic carbocycles. The molecule has 3 aromatic carbocycles. The SMILES string of the molecule is Cc1ccc(C2=C(Nc3ccc4c(c3)OCCO4)C(=O)N(Cc3ccccc3F)C2=O)cc1. The van der Waals surface area contributed by atoms with E-state index in [2.05, 4.69) is 5.32 Å². The van der Waals surface area contributed by atoms with Crippen LogP contribution in [0.2, 0.25) is 0 Å². The van der Waals surface area contributed by atoms with E-state index in [0.29, 0.717) is 36.0 Å². The number of rotatable bonds is 5. The number of imide groups is 1. The van der Waals surface area contributed by atoms with Crippen molar-refractivity contribution in [2.75, 3.05) is 18.5 Å². The molecule has 2 aliphatic heterocycles. The van der Waals surface area contributed by atoms with Crippen LogP contribution in [0.1, 0.15) is 16.7 Å². The highest BCUT2D eigenvalue weighted by Crippen LogP contribution is 2.36. The number of nitrogens with zero attached hydrogens (tertiary/aromatic N) is 1. The Hall–Kier alpha value is -4.13. The van der Waals surface area contributed by atoms with Gasteiger partial charge < -0.3 is 14.8 Å². The van der Waals surface area contributed by atoms with Gasteiger partial charge in [0.05, 0.1) is 12.1 Å². The normalized spacial score (nSPS) is 15.3. The lowest BCUT2D eigenvalue weighted by Gasteiger charge is -2.19. The molecule has 0 saturated heterocycles. The molecule has 7 heteroatoms. The highest BCUT2D eigenvalue weighted by molar-refractivity contribution is 6.36. The number of amides is 2. The molecule has 33 heavy (non-hydrogen) atoms. The highest BCUT2D eigenvalue weighted by atomic mass is 19.1. The zero-order valence-electron chi connectivity index (χ0n) is 17.9. The molecule has 2 aliphatic rings. The molecule has 0 spiro atoms. The first-order valence-corrected chi connectivity index (χ1v) is 10.6. The van der Waals surface area contributed by atoms with Crippen LogP contribution in [0.25, 0.3) is 5.57 Å². The molecule has 3 aromatic rings. The summed E-state index contributed by atoms with van der Waals surface area (Å²) < 4.78 is 25.4. The van der Waals surface area contributed by atoms with E-state index in [1.54, 1.807) is 48.5 Å². The minimum atomic E-state index is -0.520. The van der Waals surface area contributed by atoms with Gasteiger partial charge in [-0.25, -0.2) is 4.39 Å². The van der Waals surface area contributed by atoms with E-state index < -0.39 is 17.6 Å². The minimum absolute atomic E-state index is 0.136. The number of halogens is 1. The van der Waals surface area contributed by atoms with Crippen molar-refractivity contribution in [3.05, 3.63) is 94.9 Å². The molecular weight excluding hydrogens is 423 g/mol. The van der Waals surface area contributed by atoms with Crippen molar-refractivity contribution in [2.45, 2.75) is 13.5 Å². The van der Waals surface area contributed by atoms with Gasteiger partial charge in [0.15, 0.2) is 11.5 Å². The van der Waals surface area contributed by atoms with Crippen molar-refractivity contribution in [2.24, 2.45) is 0 Å². The van der Waals surface area contributed by atoms with E-state index >= 15 is 0 Å². The molecule has 2 heterocycles. The quantitative estimate of drug-likeness (QED) is 0.595. The molecular formula is C26H21FN2O4. The monoisotopic (exact) mass is 444 g/mol. The van der Waals surface area contributed by atoms with Gasteiger partial charge in [0.1, 0.15) is 24.7 Å². The second-order valence-electron chi connectivity index (χ2n) is 7.89. The number of hydrogen-bond acceptors (Lipinski definition) is 5. The molecule has 0 saturated carbocycles. The number of nitrogens with one attached hydrogen (secondary N) is 1. The highest BCUT2D eigenvalue weighted by Gasteiger charge is 2.39. The van der Waals surface area contributed by atoms with Gasteiger partial charge in [-0.1, -0.05) is 48.0 Å². The van der Waals surface area contributed by atoms with Crippen LogP contribution in [0, 0.1) is 12.7 Å². The Morgan fingerprint density at radius 1 is 0.909 bits per heavy atom. The third-order valence-corrected chi connectivity index (χ3v) is 5.61. The van der Waals surface area contributed by atoms with E-state index in [-0.39, 0.29) is 23.4 Å². The number of fused-ring (bicyclic) bond motifs is 1. The number of carbonyl (C=O) groups excluding carboxylic acids is 2. The Morgan fingerprint density at radius 2 is 1.64 bits per heavy atom. The Bertz CT molecular complexity index is 1280. The maximum absolute atomic E-state index is 14.3. The van der Waals surface area contributed by atoms with Crippen molar-refractivity contribution in [3.8, 4) is 11.5 Å². The summed E-state index contributed by atoms with van der Waals surface area (Å²) in [5, 5.41) is 3.10. The van der Waals surface area contributed by atoms with Crippen LogP contribution >= 0.6 is 0 Å². The second-order valence-corrected chi connectivity index (χ2v) is 7.89. The van der Waals surface area contributed by atoms with Crippen molar-refractivity contribution >= 4 is 23.1 Å². The lowest BCUT2D eigenvalue weighted by molar-refractivity contribution is -0.137. The van der Waals surface area contributed by atoms with Gasteiger partial charge in [-0.2, -0.15) is 0 Å². The summed E-state index contributed by atoms with van der Waals surface area (Å²) in [7, 11) is 0. The molecule has 5 rings (SSSR count). The van der Waals surface area contributed by atoms with Crippen molar-refractivity contribution in [3.63, 3.8) is 0 Å². The lowest BCUT2D eigenvalue weighted by Crippen LogP contribution is -2.32. The third kappa shape index (κ3) is 3.93. The third-order valence-electron chi connectivity index (χ3n) is 5.61. The zero-order chi connectivity index (χ0) is 22.9. The molecule has 6 nitrogen and oxygen atoms in total. The fourth-order valence-electron chi connectivity index (χ4n) is 3.89. The number of benzene rings is 3. The number of carbonyl (C=O) groups is 2. The minimum Gasteiger partial charge on any atom is -0.486 e. The second kappa shape index (κ2) is 8.43. The summed E-state index contributed by atoms with van der Waals surface area (Å²) in [6.07, 6.45) is 0. The van der Waals surface area contributed by atoms with Crippen LogP contribution in [0.15, 0.2) is 72.4 Å². The standard InChI is InChI=1S/C26H21FN2O4/c1-16-6-8-17(9-7-16)23-24(28-19-10-11-21-22(14-19)33-13-12-32-21)26(31)29(25(23)30)15-18-4-2-3-5-20(18)27/h2-11,14,28H,12-13,15H2,1H3. The van der Waals surface area contributed by atoms with Crippen LogP contribution in [-0.4, -0.2) is 29.9 Å². The Morgan fingerprint density at radius 3 is 2.39 bits per heavy atom. The molecule has 2 amide bonds. The summed E-state index contributed by atoms with van der Waals surface area (Å²) in [4.78, 5) is 27.8. The average molecular weight is 444 g/mol. The summed E-state index contributed by atoms with van der Waals surface area (Å²) in [5.41, 5.74) is 2.86. The van der Waals surface area contributed by atoms with Gasteiger partial charge in [0.25, 0.3) is 11.8 Å². The maximum atomic E-state index is 14.3. The number of anilines is 1. The number of ether oxygens (including phenoxy) is 2. The summed E-state index contributed by atoms with van der Waals surface area (Å²) >= 11 is 0. The Balaban J connectivity index is 1.53. The first-order valence-electron chi connectivity index (χ1n) is 10.6. The summed E-state index contributed by atoms with van der Waals surface area (Å²) in [6, 6.07) is 18.7. The van der Waals surface area contributed by atoms with Crippen LogP contribution in [-0.2, 0) is 16.1 Å². The fourth-order valence-corrected chi connectivity index (χ4v) is 3.89. The van der Waals surface area contributed by atoms with E-state index in [4.69, 9.17) is 9.47 Å². The number of aryl methyl sites for hydroxylation is 1. The molecule has 0 bridgehead atoms. The first kappa shape index (κ1) is 20.8. The topological polar surface area (TPSA) is 67.9 Å². The largest absolute Gasteiger partial charge is 0.486 e. The molecule has 0 unspecified atom stereocenters. The van der Waals surface area contributed by atoms with Crippen LogP contribution in [0.3, 0.4) is 0 Å². The lowest BCUT2D eigenvalue weighted by atomic mass is 10.0. The summed E-state index contributed by atoms with van der Waals surface area (Å²) in [5.74, 6) is -0.289. The molecule has 1 N–H and O–H groups in total. The molecule has 0 fully saturated rings. The zero-order valence-corrected chi connectivity index (χ0v) is 17.9. The van der Waals surface area contributed by atoms with E-state index in [1.807, 2.05) is 19.1 Å².